The first-order chi connectivity index (χ1) is 6.81. The summed E-state index contributed by atoms with van der Waals surface area (Å²) in [6.45, 7) is 1.86. The van der Waals surface area contributed by atoms with Crippen molar-refractivity contribution < 1.29 is 0 Å². The van der Waals surface area contributed by atoms with Crippen LogP contribution in [0.5, 0.6) is 0 Å². The Bertz CT molecular complexity index is 309. The van der Waals surface area contributed by atoms with Gasteiger partial charge < -0.3 is 5.73 Å². The molecule has 0 spiro atoms. The van der Waals surface area contributed by atoms with Gasteiger partial charge >= 0.3 is 0 Å². The minimum absolute atomic E-state index is 0.634. The van der Waals surface area contributed by atoms with Gasteiger partial charge in [0.15, 0.2) is 0 Å². The van der Waals surface area contributed by atoms with Crippen LogP contribution in [0, 0.1) is 0 Å². The largest absolute Gasteiger partial charge is 0.330 e. The van der Waals surface area contributed by atoms with Crippen LogP contribution >= 0.6 is 0 Å². The van der Waals surface area contributed by atoms with E-state index in [1.54, 1.807) is 0 Å². The molecule has 76 valence electrons. The molecule has 2 rings (SSSR count). The van der Waals surface area contributed by atoms with Crippen LogP contribution in [-0.4, -0.2) is 24.5 Å². The van der Waals surface area contributed by atoms with E-state index in [1.165, 1.54) is 11.1 Å². The van der Waals surface area contributed by atoms with Gasteiger partial charge in [-0.25, -0.2) is 0 Å². The van der Waals surface area contributed by atoms with Crippen LogP contribution in [0.1, 0.15) is 17.5 Å². The van der Waals surface area contributed by atoms with E-state index >= 15 is 0 Å². The van der Waals surface area contributed by atoms with E-state index in [9.17, 15) is 0 Å². The van der Waals surface area contributed by atoms with Gasteiger partial charge in [0.2, 0.25) is 0 Å². The normalized spacial score (nSPS) is 22.0. The summed E-state index contributed by atoms with van der Waals surface area (Å²) in [5.41, 5.74) is 8.59. The van der Waals surface area contributed by atoms with Gasteiger partial charge in [-0.3, -0.25) is 4.90 Å². The molecule has 0 bridgehead atoms. The van der Waals surface area contributed by atoms with Crippen LogP contribution in [0.25, 0.3) is 0 Å². The van der Waals surface area contributed by atoms with Crippen molar-refractivity contribution in [1.82, 2.24) is 4.90 Å². The summed E-state index contributed by atoms with van der Waals surface area (Å²) in [7, 11) is 2.19. The number of fused-ring (bicyclic) bond motifs is 1. The Morgan fingerprint density at radius 2 is 2.07 bits per heavy atom. The topological polar surface area (TPSA) is 29.3 Å². The smallest absolute Gasteiger partial charge is 0.0236 e. The molecule has 0 fully saturated rings. The minimum atomic E-state index is 0.634. The van der Waals surface area contributed by atoms with Gasteiger partial charge in [0, 0.05) is 12.6 Å². The zero-order valence-corrected chi connectivity index (χ0v) is 8.74. The van der Waals surface area contributed by atoms with Crippen molar-refractivity contribution in [2.24, 2.45) is 5.73 Å². The predicted octanol–water partition coefficient (Wildman–Crippen LogP) is 1.39. The molecule has 0 aliphatic carbocycles. The Morgan fingerprint density at radius 1 is 1.36 bits per heavy atom. The highest BCUT2D eigenvalue weighted by atomic mass is 15.1. The molecule has 0 radical (unpaired) electrons. The lowest BCUT2D eigenvalue weighted by Crippen LogP contribution is -2.38. The monoisotopic (exact) mass is 190 g/mol. The second kappa shape index (κ2) is 4.11. The number of likely N-dealkylation sites (N-methyl/N-ethyl adjacent to an activating group) is 1. The van der Waals surface area contributed by atoms with Crippen LogP contribution < -0.4 is 5.73 Å². The maximum Gasteiger partial charge on any atom is 0.0236 e. The molecular weight excluding hydrogens is 172 g/mol. The number of benzene rings is 1. The Kier molecular flexibility index (Phi) is 2.85. The Labute approximate surface area is 85.7 Å². The summed E-state index contributed by atoms with van der Waals surface area (Å²) in [6.07, 6.45) is 2.26. The lowest BCUT2D eigenvalue weighted by Gasteiger charge is -2.33. The third kappa shape index (κ3) is 1.81. The molecule has 1 aliphatic heterocycles. The fraction of sp³-hybridized carbons (Fsp3) is 0.500. The first-order valence-corrected chi connectivity index (χ1v) is 5.28. The van der Waals surface area contributed by atoms with E-state index in [0.717, 1.165) is 25.9 Å². The van der Waals surface area contributed by atoms with Gasteiger partial charge in [0.05, 0.1) is 0 Å². The molecule has 14 heavy (non-hydrogen) atoms. The van der Waals surface area contributed by atoms with Gasteiger partial charge in [-0.2, -0.15) is 0 Å². The number of nitrogens with zero attached hydrogens (tertiary/aromatic N) is 1. The molecule has 0 aromatic heterocycles. The van der Waals surface area contributed by atoms with E-state index in [0.29, 0.717) is 6.04 Å². The average Bonchev–Trinajstić information content (AvgIpc) is 2.19. The molecule has 1 aromatic rings. The summed E-state index contributed by atoms with van der Waals surface area (Å²) in [4.78, 5) is 2.41. The molecule has 0 saturated heterocycles. The van der Waals surface area contributed by atoms with Crippen LogP contribution in [0.15, 0.2) is 24.3 Å². The van der Waals surface area contributed by atoms with Gasteiger partial charge in [-0.15, -0.1) is 0 Å². The van der Waals surface area contributed by atoms with E-state index in [2.05, 4.69) is 36.2 Å². The Balaban J connectivity index is 2.18. The van der Waals surface area contributed by atoms with Crippen LogP contribution in [-0.2, 0) is 13.0 Å². The van der Waals surface area contributed by atoms with E-state index in [-0.39, 0.29) is 0 Å². The lowest BCUT2D eigenvalue weighted by atomic mass is 9.93. The second-order valence-corrected chi connectivity index (χ2v) is 4.12. The van der Waals surface area contributed by atoms with E-state index in [4.69, 9.17) is 5.73 Å². The van der Waals surface area contributed by atoms with Crippen molar-refractivity contribution in [3.8, 4) is 0 Å². The average molecular weight is 190 g/mol. The molecule has 1 heterocycles. The summed E-state index contributed by atoms with van der Waals surface area (Å²) < 4.78 is 0. The van der Waals surface area contributed by atoms with Crippen molar-refractivity contribution in [2.45, 2.75) is 25.4 Å². The number of nitrogens with two attached hydrogens (primary N) is 1. The molecule has 1 atom stereocenters. The quantitative estimate of drug-likeness (QED) is 0.763. The number of rotatable bonds is 2. The van der Waals surface area contributed by atoms with Crippen LogP contribution in [0.3, 0.4) is 0 Å². The second-order valence-electron chi connectivity index (χ2n) is 4.12. The number of hydrogen-bond donors (Lipinski definition) is 1. The summed E-state index contributed by atoms with van der Waals surface area (Å²) >= 11 is 0. The molecule has 1 aliphatic rings. The highest BCUT2D eigenvalue weighted by molar-refractivity contribution is 5.29. The zero-order valence-electron chi connectivity index (χ0n) is 8.74. The third-order valence-electron chi connectivity index (χ3n) is 3.12. The zero-order chi connectivity index (χ0) is 9.97. The van der Waals surface area contributed by atoms with Gasteiger partial charge in [-0.1, -0.05) is 24.3 Å². The standard InChI is InChI=1S/C12H18N2/c1-14-9-11-5-3-2-4-10(11)8-12(14)6-7-13/h2-5,12H,6-9,13H2,1H3. The summed E-state index contributed by atoms with van der Waals surface area (Å²) in [6, 6.07) is 9.35. The molecule has 1 aromatic carbocycles. The lowest BCUT2D eigenvalue weighted by molar-refractivity contribution is 0.207. The van der Waals surface area contributed by atoms with Crippen LogP contribution in [0.4, 0.5) is 0 Å². The molecule has 2 nitrogen and oxygen atoms in total. The highest BCUT2D eigenvalue weighted by Gasteiger charge is 2.21. The highest BCUT2D eigenvalue weighted by Crippen LogP contribution is 2.22. The van der Waals surface area contributed by atoms with Crippen molar-refractivity contribution in [3.63, 3.8) is 0 Å². The Hall–Kier alpha value is -0.860. The van der Waals surface area contributed by atoms with E-state index < -0.39 is 0 Å². The van der Waals surface area contributed by atoms with Crippen molar-refractivity contribution >= 4 is 0 Å². The van der Waals surface area contributed by atoms with E-state index in [1.807, 2.05) is 0 Å². The maximum absolute atomic E-state index is 5.61. The predicted molar refractivity (Wildman–Crippen MR) is 59.1 cm³/mol. The molecule has 2 heteroatoms. The third-order valence-corrected chi connectivity index (χ3v) is 3.12. The maximum atomic E-state index is 5.61. The summed E-state index contributed by atoms with van der Waals surface area (Å²) in [5, 5.41) is 0. The SMILES string of the molecule is CN1Cc2ccccc2CC1CCN. The van der Waals surface area contributed by atoms with Crippen molar-refractivity contribution in [1.29, 1.82) is 0 Å². The molecule has 2 N–H and O–H groups in total. The van der Waals surface area contributed by atoms with Crippen molar-refractivity contribution in [2.75, 3.05) is 13.6 Å². The molecular formula is C12H18N2. The minimum Gasteiger partial charge on any atom is -0.330 e. The van der Waals surface area contributed by atoms with Gasteiger partial charge in [0.25, 0.3) is 0 Å². The first-order valence-electron chi connectivity index (χ1n) is 5.28. The Morgan fingerprint density at radius 3 is 2.79 bits per heavy atom. The first kappa shape index (κ1) is 9.69. The molecule has 0 saturated carbocycles. The van der Waals surface area contributed by atoms with Gasteiger partial charge in [0.1, 0.15) is 0 Å². The fourth-order valence-corrected chi connectivity index (χ4v) is 2.23. The fourth-order valence-electron chi connectivity index (χ4n) is 2.23. The number of hydrogen-bond acceptors (Lipinski definition) is 2. The molecule has 0 amide bonds. The van der Waals surface area contributed by atoms with Crippen molar-refractivity contribution in [3.05, 3.63) is 35.4 Å². The molecule has 1 unspecified atom stereocenters. The van der Waals surface area contributed by atoms with Gasteiger partial charge in [-0.05, 0) is 37.6 Å². The summed E-state index contributed by atoms with van der Waals surface area (Å²) in [5.74, 6) is 0. The van der Waals surface area contributed by atoms with Crippen LogP contribution in [0.2, 0.25) is 0 Å².